The summed E-state index contributed by atoms with van der Waals surface area (Å²) < 4.78 is 4.82. The highest BCUT2D eigenvalue weighted by atomic mass is 16.5. The minimum Gasteiger partial charge on any atom is -0.478 e. The summed E-state index contributed by atoms with van der Waals surface area (Å²) in [6.07, 6.45) is -0.521. The minimum atomic E-state index is -1.05. The van der Waals surface area contributed by atoms with Crippen LogP contribution < -0.4 is 5.32 Å². The number of carboxylic acids is 1. The van der Waals surface area contributed by atoms with Gasteiger partial charge in [-0.2, -0.15) is 0 Å². The van der Waals surface area contributed by atoms with E-state index < -0.39 is 12.2 Å². The number of rotatable bonds is 6. The fraction of sp³-hybridized carbons (Fsp3) is 0.833. The lowest BCUT2D eigenvalue weighted by Crippen LogP contribution is -2.36. The number of likely N-dealkylation sites (N-methyl/N-ethyl adjacent to an activating group) is 1. The molecule has 0 aromatic rings. The summed E-state index contributed by atoms with van der Waals surface area (Å²) >= 11 is 0. The van der Waals surface area contributed by atoms with Crippen molar-refractivity contribution in [1.82, 2.24) is 5.32 Å². The molecule has 11 heavy (non-hydrogen) atoms. The van der Waals surface area contributed by atoms with Crippen molar-refractivity contribution in [2.75, 3.05) is 20.3 Å². The van der Waals surface area contributed by atoms with E-state index in [-0.39, 0.29) is 13.2 Å². The number of hydrogen-bond donors (Lipinski definition) is 3. The third kappa shape index (κ3) is 4.72. The van der Waals surface area contributed by atoms with E-state index in [2.05, 4.69) is 5.32 Å². The summed E-state index contributed by atoms with van der Waals surface area (Å²) in [6, 6.07) is 0. The summed E-state index contributed by atoms with van der Waals surface area (Å²) in [5.74, 6) is -1.05. The molecule has 0 amide bonds. The summed E-state index contributed by atoms with van der Waals surface area (Å²) in [5.41, 5.74) is 0. The van der Waals surface area contributed by atoms with Crippen LogP contribution in [0.1, 0.15) is 6.42 Å². The first-order valence-corrected chi connectivity index (χ1v) is 3.35. The predicted molar refractivity (Wildman–Crippen MR) is 38.1 cm³/mol. The standard InChI is InChI=1S/C6H13NO4/c1-7-5(6(9)10)11-4-2-3-8/h5,7-8H,2-4H2,1H3,(H,9,10)/t5-/m1/s1. The Bertz CT molecular complexity index is 117. The summed E-state index contributed by atoms with van der Waals surface area (Å²) in [5, 5.41) is 19.2. The normalized spacial score (nSPS) is 12.9. The highest BCUT2D eigenvalue weighted by molar-refractivity contribution is 5.71. The van der Waals surface area contributed by atoms with Crippen molar-refractivity contribution in [3.05, 3.63) is 0 Å². The number of aliphatic hydroxyl groups is 1. The molecule has 0 unspecified atom stereocenters. The lowest BCUT2D eigenvalue weighted by molar-refractivity contribution is -0.152. The molecule has 0 heterocycles. The molecule has 0 aliphatic carbocycles. The van der Waals surface area contributed by atoms with Gasteiger partial charge in [-0.15, -0.1) is 0 Å². The summed E-state index contributed by atoms with van der Waals surface area (Å²) in [4.78, 5) is 10.3. The van der Waals surface area contributed by atoms with Gasteiger partial charge >= 0.3 is 5.97 Å². The van der Waals surface area contributed by atoms with Crippen molar-refractivity contribution in [3.8, 4) is 0 Å². The maximum atomic E-state index is 10.3. The molecule has 0 saturated carbocycles. The van der Waals surface area contributed by atoms with Gasteiger partial charge in [-0.05, 0) is 13.5 Å². The van der Waals surface area contributed by atoms with Crippen LogP contribution >= 0.6 is 0 Å². The lowest BCUT2D eigenvalue weighted by atomic mass is 10.5. The molecule has 0 aliphatic rings. The van der Waals surface area contributed by atoms with Crippen molar-refractivity contribution in [3.63, 3.8) is 0 Å². The highest BCUT2D eigenvalue weighted by Gasteiger charge is 2.13. The van der Waals surface area contributed by atoms with E-state index in [1.165, 1.54) is 7.05 Å². The molecule has 0 fully saturated rings. The van der Waals surface area contributed by atoms with E-state index in [1.807, 2.05) is 0 Å². The number of nitrogens with one attached hydrogen (secondary N) is 1. The van der Waals surface area contributed by atoms with Crippen molar-refractivity contribution in [2.24, 2.45) is 0 Å². The minimum absolute atomic E-state index is 0.00997. The second-order valence-electron chi connectivity index (χ2n) is 1.95. The second-order valence-corrected chi connectivity index (χ2v) is 1.95. The second kappa shape index (κ2) is 6.09. The molecule has 0 aromatic heterocycles. The van der Waals surface area contributed by atoms with E-state index in [1.54, 1.807) is 0 Å². The van der Waals surface area contributed by atoms with E-state index in [0.717, 1.165) is 0 Å². The number of carbonyl (C=O) groups is 1. The molecule has 5 nitrogen and oxygen atoms in total. The molecule has 1 atom stereocenters. The van der Waals surface area contributed by atoms with Gasteiger partial charge in [-0.3, -0.25) is 5.32 Å². The van der Waals surface area contributed by atoms with Gasteiger partial charge in [0.05, 0.1) is 6.61 Å². The van der Waals surface area contributed by atoms with Crippen LogP contribution in [0, 0.1) is 0 Å². The van der Waals surface area contributed by atoms with E-state index in [4.69, 9.17) is 14.9 Å². The molecule has 5 heteroatoms. The Morgan fingerprint density at radius 3 is 2.73 bits per heavy atom. The summed E-state index contributed by atoms with van der Waals surface area (Å²) in [6.45, 7) is 0.254. The van der Waals surface area contributed by atoms with Gasteiger partial charge in [0.15, 0.2) is 0 Å². The predicted octanol–water partition coefficient (Wildman–Crippen LogP) is -0.984. The molecule has 0 saturated heterocycles. The van der Waals surface area contributed by atoms with Crippen LogP contribution in [-0.2, 0) is 9.53 Å². The van der Waals surface area contributed by atoms with Crippen LogP contribution in [0.4, 0.5) is 0 Å². The van der Waals surface area contributed by atoms with Crippen molar-refractivity contribution in [2.45, 2.75) is 12.6 Å². The SMILES string of the molecule is CN[C@H](OCCCO)C(=O)O. The molecule has 0 aromatic carbocycles. The lowest BCUT2D eigenvalue weighted by Gasteiger charge is -2.10. The Hall–Kier alpha value is -0.650. The van der Waals surface area contributed by atoms with Gasteiger partial charge in [0.1, 0.15) is 0 Å². The van der Waals surface area contributed by atoms with E-state index in [9.17, 15) is 4.79 Å². The first-order chi connectivity index (χ1) is 5.22. The molecule has 0 radical (unpaired) electrons. The quantitative estimate of drug-likeness (QED) is 0.346. The Balaban J connectivity index is 3.44. The molecular formula is C6H13NO4. The fourth-order valence-corrected chi connectivity index (χ4v) is 0.544. The van der Waals surface area contributed by atoms with Gasteiger partial charge in [-0.25, -0.2) is 4.79 Å². The first-order valence-electron chi connectivity index (χ1n) is 3.35. The van der Waals surface area contributed by atoms with Crippen LogP contribution in [0.5, 0.6) is 0 Å². The maximum absolute atomic E-state index is 10.3. The van der Waals surface area contributed by atoms with Gasteiger partial charge in [0.25, 0.3) is 0 Å². The topological polar surface area (TPSA) is 78.8 Å². The van der Waals surface area contributed by atoms with Crippen molar-refractivity contribution < 1.29 is 19.7 Å². The average Bonchev–Trinajstić information content (AvgIpc) is 1.97. The van der Waals surface area contributed by atoms with Crippen LogP contribution in [0.3, 0.4) is 0 Å². The average molecular weight is 163 g/mol. The number of aliphatic carboxylic acids is 1. The molecule has 0 bridgehead atoms. The molecule has 3 N–H and O–H groups in total. The molecule has 66 valence electrons. The Kier molecular flexibility index (Phi) is 5.73. The highest BCUT2D eigenvalue weighted by Crippen LogP contribution is 1.88. The molecule has 0 rings (SSSR count). The van der Waals surface area contributed by atoms with Gasteiger partial charge in [0, 0.05) is 6.61 Å². The molecule has 0 aliphatic heterocycles. The van der Waals surface area contributed by atoms with Gasteiger partial charge in [0.2, 0.25) is 6.23 Å². The van der Waals surface area contributed by atoms with Crippen LogP contribution in [0.15, 0.2) is 0 Å². The molecular weight excluding hydrogens is 150 g/mol. The van der Waals surface area contributed by atoms with Crippen LogP contribution in [0.25, 0.3) is 0 Å². The zero-order valence-electron chi connectivity index (χ0n) is 6.41. The largest absolute Gasteiger partial charge is 0.478 e. The Morgan fingerprint density at radius 1 is 1.73 bits per heavy atom. The van der Waals surface area contributed by atoms with Crippen LogP contribution in [0.2, 0.25) is 0 Å². The first kappa shape index (κ1) is 10.3. The molecule has 0 spiro atoms. The van der Waals surface area contributed by atoms with E-state index in [0.29, 0.717) is 6.42 Å². The zero-order chi connectivity index (χ0) is 8.69. The fourth-order valence-electron chi connectivity index (χ4n) is 0.544. The van der Waals surface area contributed by atoms with Gasteiger partial charge < -0.3 is 14.9 Å². The van der Waals surface area contributed by atoms with Crippen LogP contribution in [-0.4, -0.2) is 42.7 Å². The van der Waals surface area contributed by atoms with E-state index >= 15 is 0 Å². The van der Waals surface area contributed by atoms with Gasteiger partial charge in [-0.1, -0.05) is 0 Å². The smallest absolute Gasteiger partial charge is 0.348 e. The zero-order valence-corrected chi connectivity index (χ0v) is 6.41. The number of carboxylic acid groups (broad SMARTS) is 1. The Labute approximate surface area is 65.0 Å². The van der Waals surface area contributed by atoms with Crippen molar-refractivity contribution in [1.29, 1.82) is 0 Å². The number of aliphatic hydroxyl groups excluding tert-OH is 1. The third-order valence-electron chi connectivity index (χ3n) is 1.07. The maximum Gasteiger partial charge on any atom is 0.348 e. The number of ether oxygens (including phenoxy) is 1. The van der Waals surface area contributed by atoms with Crippen molar-refractivity contribution >= 4 is 5.97 Å². The monoisotopic (exact) mass is 163 g/mol. The Morgan fingerprint density at radius 2 is 2.36 bits per heavy atom. The summed E-state index contributed by atoms with van der Waals surface area (Å²) in [7, 11) is 1.50. The number of hydrogen-bond acceptors (Lipinski definition) is 4. The third-order valence-corrected chi connectivity index (χ3v) is 1.07.